The molecule has 1 aromatic rings. The van der Waals surface area contributed by atoms with Crippen LogP contribution >= 0.6 is 11.6 Å². The van der Waals surface area contributed by atoms with E-state index in [4.69, 9.17) is 17.3 Å². The van der Waals surface area contributed by atoms with Gasteiger partial charge in [-0.1, -0.05) is 17.7 Å². The molecule has 0 bridgehead atoms. The highest BCUT2D eigenvalue weighted by Crippen LogP contribution is 2.53. The van der Waals surface area contributed by atoms with Gasteiger partial charge in [0.15, 0.2) is 0 Å². The summed E-state index contributed by atoms with van der Waals surface area (Å²) in [5.41, 5.74) is 8.78. The number of fused-ring (bicyclic) bond motifs is 1. The maximum absolute atomic E-state index is 6.05. The zero-order valence-electron chi connectivity index (χ0n) is 8.75. The van der Waals surface area contributed by atoms with E-state index in [2.05, 4.69) is 12.1 Å². The Bertz CT molecular complexity index is 384. The largest absolute Gasteiger partial charge is 0.330 e. The smallest absolute Gasteiger partial charge is 0.0409 e. The first-order valence-electron chi connectivity index (χ1n) is 5.79. The fourth-order valence-electron chi connectivity index (χ4n) is 2.97. The Labute approximate surface area is 95.6 Å². The van der Waals surface area contributed by atoms with Crippen molar-refractivity contribution in [1.82, 2.24) is 0 Å². The van der Waals surface area contributed by atoms with Crippen LogP contribution in [0, 0.1) is 5.92 Å². The Morgan fingerprint density at radius 3 is 2.73 bits per heavy atom. The summed E-state index contributed by atoms with van der Waals surface area (Å²) in [6, 6.07) is 6.36. The van der Waals surface area contributed by atoms with Crippen molar-refractivity contribution < 1.29 is 0 Å². The van der Waals surface area contributed by atoms with Gasteiger partial charge in [-0.25, -0.2) is 0 Å². The van der Waals surface area contributed by atoms with Gasteiger partial charge in [0, 0.05) is 5.02 Å². The third-order valence-electron chi connectivity index (χ3n) is 3.90. The van der Waals surface area contributed by atoms with Crippen molar-refractivity contribution in [1.29, 1.82) is 0 Å². The van der Waals surface area contributed by atoms with E-state index in [0.29, 0.717) is 5.92 Å². The predicted molar refractivity (Wildman–Crippen MR) is 63.3 cm³/mol. The maximum Gasteiger partial charge on any atom is 0.0409 e. The fourth-order valence-corrected chi connectivity index (χ4v) is 3.15. The molecule has 2 atom stereocenters. The van der Waals surface area contributed by atoms with E-state index < -0.39 is 0 Å². The minimum Gasteiger partial charge on any atom is -0.330 e. The number of rotatable bonds is 2. The van der Waals surface area contributed by atoms with Crippen LogP contribution in [0.5, 0.6) is 0 Å². The Morgan fingerprint density at radius 2 is 2.07 bits per heavy atom. The molecule has 0 saturated heterocycles. The van der Waals surface area contributed by atoms with Crippen molar-refractivity contribution in [3.8, 4) is 0 Å². The Morgan fingerprint density at radius 1 is 1.27 bits per heavy atom. The molecule has 1 aromatic carbocycles. The van der Waals surface area contributed by atoms with Gasteiger partial charge in [0.2, 0.25) is 0 Å². The number of halogens is 1. The second kappa shape index (κ2) is 3.50. The van der Waals surface area contributed by atoms with Crippen molar-refractivity contribution in [3.63, 3.8) is 0 Å². The number of hydrogen-bond donors (Lipinski definition) is 1. The van der Waals surface area contributed by atoms with Gasteiger partial charge in [0.1, 0.15) is 0 Å². The molecule has 2 N–H and O–H groups in total. The molecular weight excluding hydrogens is 206 g/mol. The van der Waals surface area contributed by atoms with E-state index in [-0.39, 0.29) is 0 Å². The predicted octanol–water partition coefficient (Wildman–Crippen LogP) is 3.28. The Hall–Kier alpha value is -0.530. The molecule has 2 aliphatic carbocycles. The zero-order valence-corrected chi connectivity index (χ0v) is 9.50. The minimum absolute atomic E-state index is 0.546. The van der Waals surface area contributed by atoms with E-state index >= 15 is 0 Å². The molecule has 0 amide bonds. The molecule has 0 radical (unpaired) electrons. The third-order valence-corrected chi connectivity index (χ3v) is 4.14. The third kappa shape index (κ3) is 1.58. The monoisotopic (exact) mass is 221 g/mol. The molecule has 1 saturated carbocycles. The molecule has 15 heavy (non-hydrogen) atoms. The highest BCUT2D eigenvalue weighted by molar-refractivity contribution is 6.30. The van der Waals surface area contributed by atoms with Crippen LogP contribution < -0.4 is 5.73 Å². The van der Waals surface area contributed by atoms with Crippen LogP contribution in [0.2, 0.25) is 5.02 Å². The van der Waals surface area contributed by atoms with E-state index in [1.807, 2.05) is 6.07 Å². The molecule has 0 aliphatic heterocycles. The lowest BCUT2D eigenvalue weighted by atomic mass is 9.96. The first-order valence-corrected chi connectivity index (χ1v) is 6.17. The SMILES string of the molecule is NCC1CC(C2CC2)c2ccc(Cl)cc21. The summed E-state index contributed by atoms with van der Waals surface area (Å²) in [5, 5.41) is 0.851. The lowest BCUT2D eigenvalue weighted by Crippen LogP contribution is -2.09. The maximum atomic E-state index is 6.05. The molecule has 80 valence electrons. The van der Waals surface area contributed by atoms with Gasteiger partial charge in [-0.2, -0.15) is 0 Å². The van der Waals surface area contributed by atoms with Gasteiger partial charge in [-0.05, 0) is 66.8 Å². The second-order valence-corrected chi connectivity index (χ2v) is 5.32. The molecule has 0 spiro atoms. The summed E-state index contributed by atoms with van der Waals surface area (Å²) in [5.74, 6) is 2.25. The highest BCUT2D eigenvalue weighted by Gasteiger charge is 2.39. The van der Waals surface area contributed by atoms with Crippen molar-refractivity contribution in [2.24, 2.45) is 11.7 Å². The summed E-state index contributed by atoms with van der Waals surface area (Å²) in [6.45, 7) is 0.760. The van der Waals surface area contributed by atoms with Crippen LogP contribution in [-0.2, 0) is 0 Å². The fraction of sp³-hybridized carbons (Fsp3) is 0.538. The first-order chi connectivity index (χ1) is 7.29. The standard InChI is InChI=1S/C13H16ClN/c14-10-3-4-11-12(8-1-2-8)5-9(7-15)13(11)6-10/h3-4,6,8-9,12H,1-2,5,7,15H2. The Kier molecular flexibility index (Phi) is 2.26. The van der Waals surface area contributed by atoms with Crippen LogP contribution in [-0.4, -0.2) is 6.54 Å². The number of hydrogen-bond acceptors (Lipinski definition) is 1. The van der Waals surface area contributed by atoms with Gasteiger partial charge in [-0.15, -0.1) is 0 Å². The molecule has 0 aromatic heterocycles. The van der Waals surface area contributed by atoms with Gasteiger partial charge in [0.05, 0.1) is 0 Å². The normalized spacial score (nSPS) is 29.2. The molecule has 0 heterocycles. The van der Waals surface area contributed by atoms with Crippen LogP contribution in [0.15, 0.2) is 18.2 Å². The lowest BCUT2D eigenvalue weighted by Gasteiger charge is -2.09. The number of benzene rings is 1. The highest BCUT2D eigenvalue weighted by atomic mass is 35.5. The van der Waals surface area contributed by atoms with E-state index in [1.54, 1.807) is 0 Å². The first kappa shape index (κ1) is 9.68. The van der Waals surface area contributed by atoms with Gasteiger partial charge >= 0.3 is 0 Å². The van der Waals surface area contributed by atoms with Crippen molar-refractivity contribution in [2.75, 3.05) is 6.54 Å². The Balaban J connectivity index is 2.02. The van der Waals surface area contributed by atoms with E-state index in [1.165, 1.54) is 30.4 Å². The summed E-state index contributed by atoms with van der Waals surface area (Å²) < 4.78 is 0. The molecule has 2 aliphatic rings. The molecular formula is C13H16ClN. The molecule has 2 heteroatoms. The lowest BCUT2D eigenvalue weighted by molar-refractivity contribution is 0.545. The van der Waals surface area contributed by atoms with Crippen molar-refractivity contribution >= 4 is 11.6 Å². The second-order valence-electron chi connectivity index (χ2n) is 4.89. The van der Waals surface area contributed by atoms with Gasteiger partial charge in [-0.3, -0.25) is 0 Å². The van der Waals surface area contributed by atoms with Gasteiger partial charge in [0.25, 0.3) is 0 Å². The van der Waals surface area contributed by atoms with Crippen LogP contribution in [0.1, 0.15) is 42.2 Å². The topological polar surface area (TPSA) is 26.0 Å². The average molecular weight is 222 g/mol. The summed E-state index contributed by atoms with van der Waals surface area (Å²) in [4.78, 5) is 0. The summed E-state index contributed by atoms with van der Waals surface area (Å²) in [7, 11) is 0. The van der Waals surface area contributed by atoms with Crippen molar-refractivity contribution in [3.05, 3.63) is 34.3 Å². The number of nitrogens with two attached hydrogens (primary N) is 1. The van der Waals surface area contributed by atoms with Crippen LogP contribution in [0.25, 0.3) is 0 Å². The van der Waals surface area contributed by atoms with Crippen LogP contribution in [0.4, 0.5) is 0 Å². The average Bonchev–Trinajstić information content (AvgIpc) is 3.01. The quantitative estimate of drug-likeness (QED) is 0.815. The summed E-state index contributed by atoms with van der Waals surface area (Å²) in [6.07, 6.45) is 4.06. The summed E-state index contributed by atoms with van der Waals surface area (Å²) >= 11 is 6.05. The molecule has 1 nitrogen and oxygen atoms in total. The zero-order chi connectivity index (χ0) is 10.4. The molecule has 2 unspecified atom stereocenters. The minimum atomic E-state index is 0.546. The molecule has 1 fully saturated rings. The van der Waals surface area contributed by atoms with Gasteiger partial charge < -0.3 is 5.73 Å². The van der Waals surface area contributed by atoms with E-state index in [0.717, 1.165) is 23.4 Å². The molecule has 3 rings (SSSR count). The van der Waals surface area contributed by atoms with Crippen LogP contribution in [0.3, 0.4) is 0 Å². The van der Waals surface area contributed by atoms with Crippen molar-refractivity contribution in [2.45, 2.75) is 31.1 Å². The van der Waals surface area contributed by atoms with E-state index in [9.17, 15) is 0 Å².